The lowest BCUT2D eigenvalue weighted by Gasteiger charge is -2.38. The van der Waals surface area contributed by atoms with E-state index in [0.717, 1.165) is 23.2 Å². The molecule has 0 radical (unpaired) electrons. The minimum absolute atomic E-state index is 0.0353. The molecule has 1 heterocycles. The van der Waals surface area contributed by atoms with Gasteiger partial charge in [-0.15, -0.1) is 0 Å². The summed E-state index contributed by atoms with van der Waals surface area (Å²) in [5.74, 6) is -0.749. The number of hydrogen-bond acceptors (Lipinski definition) is 2. The van der Waals surface area contributed by atoms with Crippen LogP contribution in [0.4, 0.5) is 0 Å². The normalized spacial score (nSPS) is 19.1. The second-order valence-electron chi connectivity index (χ2n) is 6.71. The average molecular weight is 343 g/mol. The average Bonchev–Trinajstić information content (AvgIpc) is 3.43. The largest absolute Gasteiger partial charge is 0.481 e. The van der Waals surface area contributed by atoms with Crippen LogP contribution in [0.15, 0.2) is 91.0 Å². The van der Waals surface area contributed by atoms with Crippen LogP contribution >= 0.6 is 0 Å². The molecule has 1 aliphatic heterocycles. The molecule has 1 aliphatic rings. The van der Waals surface area contributed by atoms with Crippen molar-refractivity contribution in [1.82, 2.24) is 4.90 Å². The summed E-state index contributed by atoms with van der Waals surface area (Å²) < 4.78 is 0. The quantitative estimate of drug-likeness (QED) is 0.540. The van der Waals surface area contributed by atoms with Crippen LogP contribution in [0.2, 0.25) is 0 Å². The first-order valence-corrected chi connectivity index (χ1v) is 8.88. The van der Waals surface area contributed by atoms with Crippen molar-refractivity contribution in [3.05, 3.63) is 108 Å². The number of aliphatic carboxylic acids is 1. The van der Waals surface area contributed by atoms with Crippen LogP contribution in [0.3, 0.4) is 0 Å². The van der Waals surface area contributed by atoms with E-state index in [1.54, 1.807) is 0 Å². The number of nitrogens with zero attached hydrogens (tertiary/aromatic N) is 1. The molecule has 26 heavy (non-hydrogen) atoms. The Morgan fingerprint density at radius 3 is 1.54 bits per heavy atom. The molecule has 1 fully saturated rings. The molecule has 1 saturated heterocycles. The van der Waals surface area contributed by atoms with Crippen LogP contribution in [0.5, 0.6) is 0 Å². The lowest BCUT2D eigenvalue weighted by Crippen LogP contribution is -2.39. The first-order chi connectivity index (χ1) is 12.7. The summed E-state index contributed by atoms with van der Waals surface area (Å²) in [5.41, 5.74) is 2.99. The first-order valence-electron chi connectivity index (χ1n) is 8.88. The van der Waals surface area contributed by atoms with Crippen LogP contribution in [-0.4, -0.2) is 28.6 Å². The van der Waals surface area contributed by atoms with Gasteiger partial charge in [-0.2, -0.15) is 0 Å². The number of benzene rings is 3. The van der Waals surface area contributed by atoms with Crippen molar-refractivity contribution in [2.24, 2.45) is 0 Å². The summed E-state index contributed by atoms with van der Waals surface area (Å²) >= 11 is 0. The smallest absolute Gasteiger partial charge is 0.304 e. The van der Waals surface area contributed by atoms with Crippen molar-refractivity contribution in [2.75, 3.05) is 6.54 Å². The summed E-state index contributed by atoms with van der Waals surface area (Å²) in [6, 6.07) is 31.2. The van der Waals surface area contributed by atoms with Crippen molar-refractivity contribution in [3.63, 3.8) is 0 Å². The number of hydrogen-bond donors (Lipinski definition) is 1. The Morgan fingerprint density at radius 1 is 0.808 bits per heavy atom. The standard InChI is InChI=1S/C23H21NO2/c25-22(26)16-21-17-24(21)23(18-10-4-1-5-11-18,19-12-6-2-7-13-19)20-14-8-3-9-15-20/h1-15,21H,16-17H2,(H,25,26). The molecule has 2 atom stereocenters. The SMILES string of the molecule is O=C(O)CC1CN1C(c1ccccc1)(c1ccccc1)c1ccccc1. The molecule has 130 valence electrons. The molecule has 2 unspecified atom stereocenters. The van der Waals surface area contributed by atoms with E-state index in [0.29, 0.717) is 0 Å². The van der Waals surface area contributed by atoms with Crippen molar-refractivity contribution < 1.29 is 9.90 Å². The fraction of sp³-hybridized carbons (Fsp3) is 0.174. The lowest BCUT2D eigenvalue weighted by atomic mass is 9.76. The molecule has 3 aromatic carbocycles. The van der Waals surface area contributed by atoms with E-state index in [9.17, 15) is 9.90 Å². The van der Waals surface area contributed by atoms with E-state index >= 15 is 0 Å². The van der Waals surface area contributed by atoms with E-state index in [2.05, 4.69) is 41.3 Å². The molecular formula is C23H21NO2. The number of carboxylic acids is 1. The number of rotatable bonds is 6. The van der Waals surface area contributed by atoms with Gasteiger partial charge in [-0.3, -0.25) is 9.69 Å². The predicted octanol–water partition coefficient (Wildman–Crippen LogP) is 4.14. The first kappa shape index (κ1) is 16.6. The fourth-order valence-electron chi connectivity index (χ4n) is 4.00. The van der Waals surface area contributed by atoms with Crippen LogP contribution in [0.1, 0.15) is 23.1 Å². The molecule has 1 N–H and O–H groups in total. The van der Waals surface area contributed by atoms with E-state index in [4.69, 9.17) is 0 Å². The molecule has 0 bridgehead atoms. The van der Waals surface area contributed by atoms with Crippen molar-refractivity contribution >= 4 is 5.97 Å². The van der Waals surface area contributed by atoms with Gasteiger partial charge in [0.25, 0.3) is 0 Å². The molecule has 3 heteroatoms. The van der Waals surface area contributed by atoms with Gasteiger partial charge in [0.1, 0.15) is 0 Å². The van der Waals surface area contributed by atoms with E-state index in [1.807, 2.05) is 54.6 Å². The van der Waals surface area contributed by atoms with E-state index < -0.39 is 11.5 Å². The third kappa shape index (κ3) is 2.80. The third-order valence-corrected chi connectivity index (χ3v) is 5.13. The van der Waals surface area contributed by atoms with Gasteiger partial charge in [0.05, 0.1) is 12.0 Å². The second kappa shape index (κ2) is 6.77. The zero-order valence-electron chi connectivity index (χ0n) is 14.5. The molecule has 0 amide bonds. The summed E-state index contributed by atoms with van der Waals surface area (Å²) in [4.78, 5) is 13.6. The molecular weight excluding hydrogens is 322 g/mol. The Kier molecular flexibility index (Phi) is 4.31. The van der Waals surface area contributed by atoms with Crippen LogP contribution < -0.4 is 0 Å². The molecule has 3 aromatic rings. The maximum Gasteiger partial charge on any atom is 0.304 e. The van der Waals surface area contributed by atoms with Gasteiger partial charge < -0.3 is 5.11 Å². The molecule has 0 aliphatic carbocycles. The highest BCUT2D eigenvalue weighted by Gasteiger charge is 2.53. The molecule has 4 rings (SSSR count). The summed E-state index contributed by atoms with van der Waals surface area (Å²) in [6.45, 7) is 0.769. The lowest BCUT2D eigenvalue weighted by molar-refractivity contribution is -0.137. The Labute approximate surface area is 153 Å². The Hall–Kier alpha value is -2.91. The topological polar surface area (TPSA) is 40.3 Å². The highest BCUT2D eigenvalue weighted by Crippen LogP contribution is 2.48. The Bertz CT molecular complexity index is 781. The summed E-state index contributed by atoms with van der Waals surface area (Å²) in [6.07, 6.45) is 0.161. The second-order valence-corrected chi connectivity index (χ2v) is 6.71. The van der Waals surface area contributed by atoms with Gasteiger partial charge in [0, 0.05) is 12.6 Å². The van der Waals surface area contributed by atoms with E-state index in [1.165, 1.54) is 0 Å². The highest BCUT2D eigenvalue weighted by molar-refractivity contribution is 5.68. The number of carboxylic acid groups (broad SMARTS) is 1. The maximum atomic E-state index is 11.3. The zero-order chi connectivity index (χ0) is 18.0. The van der Waals surface area contributed by atoms with Crippen LogP contribution in [-0.2, 0) is 10.3 Å². The maximum absolute atomic E-state index is 11.3. The zero-order valence-corrected chi connectivity index (χ0v) is 14.5. The van der Waals surface area contributed by atoms with Crippen molar-refractivity contribution in [3.8, 4) is 0 Å². The molecule has 0 spiro atoms. The van der Waals surface area contributed by atoms with Gasteiger partial charge in [-0.25, -0.2) is 0 Å². The van der Waals surface area contributed by atoms with Gasteiger partial charge in [-0.05, 0) is 16.7 Å². The molecule has 0 aromatic heterocycles. The van der Waals surface area contributed by atoms with Crippen molar-refractivity contribution in [1.29, 1.82) is 0 Å². The van der Waals surface area contributed by atoms with E-state index in [-0.39, 0.29) is 12.5 Å². The fourth-order valence-corrected chi connectivity index (χ4v) is 4.00. The molecule has 3 nitrogen and oxygen atoms in total. The Balaban J connectivity index is 1.94. The monoisotopic (exact) mass is 343 g/mol. The Morgan fingerprint density at radius 2 is 1.19 bits per heavy atom. The predicted molar refractivity (Wildman–Crippen MR) is 102 cm³/mol. The minimum atomic E-state index is -0.749. The highest BCUT2D eigenvalue weighted by atomic mass is 16.4. The number of carbonyl (C=O) groups is 1. The third-order valence-electron chi connectivity index (χ3n) is 5.13. The summed E-state index contributed by atoms with van der Waals surface area (Å²) in [7, 11) is 0. The summed E-state index contributed by atoms with van der Waals surface area (Å²) in [5, 5.41) is 9.29. The molecule has 0 saturated carbocycles. The van der Waals surface area contributed by atoms with Gasteiger partial charge >= 0.3 is 5.97 Å². The van der Waals surface area contributed by atoms with Gasteiger partial charge in [0.15, 0.2) is 0 Å². The minimum Gasteiger partial charge on any atom is -0.481 e. The van der Waals surface area contributed by atoms with Gasteiger partial charge in [0.2, 0.25) is 0 Å². The van der Waals surface area contributed by atoms with Gasteiger partial charge in [-0.1, -0.05) is 91.0 Å². The van der Waals surface area contributed by atoms with Crippen LogP contribution in [0.25, 0.3) is 0 Å². The van der Waals surface area contributed by atoms with Crippen LogP contribution in [0, 0.1) is 0 Å². The van der Waals surface area contributed by atoms with Crippen molar-refractivity contribution in [2.45, 2.75) is 18.0 Å².